The van der Waals surface area contributed by atoms with Crippen molar-refractivity contribution in [3.05, 3.63) is 29.3 Å². The van der Waals surface area contributed by atoms with Gasteiger partial charge in [-0.3, -0.25) is 4.79 Å². The predicted molar refractivity (Wildman–Crippen MR) is 71.2 cm³/mol. The minimum atomic E-state index is -0.0988. The molecule has 0 bridgehead atoms. The lowest BCUT2D eigenvalue weighted by Crippen LogP contribution is -2.25. The van der Waals surface area contributed by atoms with Crippen molar-refractivity contribution >= 4 is 5.91 Å². The van der Waals surface area contributed by atoms with E-state index in [0.29, 0.717) is 24.5 Å². The molecule has 0 aliphatic rings. The minimum absolute atomic E-state index is 0.0988. The van der Waals surface area contributed by atoms with E-state index in [1.54, 1.807) is 14.2 Å². The molecule has 1 N–H and O–H groups in total. The Morgan fingerprint density at radius 1 is 1.33 bits per heavy atom. The molecule has 0 radical (unpaired) electrons. The molecule has 1 aromatic rings. The lowest BCUT2D eigenvalue weighted by Gasteiger charge is -2.10. The van der Waals surface area contributed by atoms with E-state index in [1.807, 2.05) is 18.2 Å². The Bertz CT molecular complexity index is 391. The number of methoxy groups -OCH3 is 2. The van der Waals surface area contributed by atoms with Crippen LogP contribution in [0.3, 0.4) is 0 Å². The molecule has 1 amide bonds. The van der Waals surface area contributed by atoms with Crippen LogP contribution in [0.4, 0.5) is 0 Å². The number of amides is 1. The highest BCUT2D eigenvalue weighted by molar-refractivity contribution is 5.97. The zero-order valence-electron chi connectivity index (χ0n) is 11.3. The molecule has 1 aromatic carbocycles. The van der Waals surface area contributed by atoms with E-state index in [2.05, 4.69) is 12.2 Å². The maximum absolute atomic E-state index is 12.0. The van der Waals surface area contributed by atoms with Gasteiger partial charge in [0.1, 0.15) is 5.75 Å². The van der Waals surface area contributed by atoms with Gasteiger partial charge in [-0.2, -0.15) is 0 Å². The van der Waals surface area contributed by atoms with Crippen LogP contribution in [-0.2, 0) is 11.2 Å². The number of carbonyl (C=O) groups is 1. The summed E-state index contributed by atoms with van der Waals surface area (Å²) in [4.78, 5) is 12.0. The summed E-state index contributed by atoms with van der Waals surface area (Å²) in [6, 6.07) is 5.69. The maximum Gasteiger partial charge on any atom is 0.255 e. The Balaban J connectivity index is 2.70. The first kappa shape index (κ1) is 14.5. The van der Waals surface area contributed by atoms with Gasteiger partial charge >= 0.3 is 0 Å². The molecule has 0 unspecified atom stereocenters. The van der Waals surface area contributed by atoms with Gasteiger partial charge in [-0.25, -0.2) is 0 Å². The number of nitrogens with one attached hydrogen (secondary N) is 1. The molecule has 1 rings (SSSR count). The standard InChI is InChI=1S/C14H21NO3/c1-4-11-6-7-13(18-3)12(10-11)14(16)15-8-5-9-17-2/h6-7,10H,4-5,8-9H2,1-3H3,(H,15,16). The first-order valence-corrected chi connectivity index (χ1v) is 6.17. The fourth-order valence-corrected chi connectivity index (χ4v) is 1.67. The molecule has 0 fully saturated rings. The van der Waals surface area contributed by atoms with Crippen LogP contribution in [0.2, 0.25) is 0 Å². The normalized spacial score (nSPS) is 10.2. The van der Waals surface area contributed by atoms with Crippen molar-refractivity contribution in [2.75, 3.05) is 27.4 Å². The second kappa shape index (κ2) is 7.71. The summed E-state index contributed by atoms with van der Waals surface area (Å²) < 4.78 is 10.1. The van der Waals surface area contributed by atoms with Gasteiger partial charge in [0.2, 0.25) is 0 Å². The van der Waals surface area contributed by atoms with Gasteiger partial charge < -0.3 is 14.8 Å². The number of carbonyl (C=O) groups excluding carboxylic acids is 1. The third kappa shape index (κ3) is 4.04. The number of rotatable bonds is 7. The quantitative estimate of drug-likeness (QED) is 0.754. The van der Waals surface area contributed by atoms with Gasteiger partial charge in [0.25, 0.3) is 5.91 Å². The molecule has 18 heavy (non-hydrogen) atoms. The molecule has 4 heteroatoms. The molecule has 4 nitrogen and oxygen atoms in total. The van der Waals surface area contributed by atoms with Gasteiger partial charge in [-0.15, -0.1) is 0 Å². The van der Waals surface area contributed by atoms with Crippen LogP contribution >= 0.6 is 0 Å². The summed E-state index contributed by atoms with van der Waals surface area (Å²) >= 11 is 0. The van der Waals surface area contributed by atoms with E-state index in [-0.39, 0.29) is 5.91 Å². The van der Waals surface area contributed by atoms with Crippen LogP contribution in [0, 0.1) is 0 Å². The Morgan fingerprint density at radius 2 is 2.11 bits per heavy atom. The summed E-state index contributed by atoms with van der Waals surface area (Å²) in [6.07, 6.45) is 1.70. The van der Waals surface area contributed by atoms with E-state index in [4.69, 9.17) is 9.47 Å². The van der Waals surface area contributed by atoms with Crippen LogP contribution in [-0.4, -0.2) is 33.3 Å². The minimum Gasteiger partial charge on any atom is -0.496 e. The average molecular weight is 251 g/mol. The van der Waals surface area contributed by atoms with Gasteiger partial charge in [0, 0.05) is 20.3 Å². The summed E-state index contributed by atoms with van der Waals surface area (Å²) in [6.45, 7) is 3.31. The number of hydrogen-bond donors (Lipinski definition) is 1. The molecule has 0 spiro atoms. The highest BCUT2D eigenvalue weighted by atomic mass is 16.5. The zero-order valence-corrected chi connectivity index (χ0v) is 11.3. The summed E-state index contributed by atoms with van der Waals surface area (Å²) in [5.41, 5.74) is 1.71. The molecular formula is C14H21NO3. The van der Waals surface area contributed by atoms with Crippen LogP contribution in [0.15, 0.2) is 18.2 Å². The lowest BCUT2D eigenvalue weighted by molar-refractivity contribution is 0.0945. The third-order valence-corrected chi connectivity index (χ3v) is 2.73. The number of benzene rings is 1. The maximum atomic E-state index is 12.0. The van der Waals surface area contributed by atoms with Crippen molar-refractivity contribution in [3.8, 4) is 5.75 Å². The smallest absolute Gasteiger partial charge is 0.255 e. The third-order valence-electron chi connectivity index (χ3n) is 2.73. The van der Waals surface area contributed by atoms with E-state index >= 15 is 0 Å². The van der Waals surface area contributed by atoms with Crippen LogP contribution < -0.4 is 10.1 Å². The molecular weight excluding hydrogens is 230 g/mol. The fraction of sp³-hybridized carbons (Fsp3) is 0.500. The second-order valence-electron chi connectivity index (χ2n) is 3.99. The Morgan fingerprint density at radius 3 is 2.72 bits per heavy atom. The molecule has 0 atom stereocenters. The number of aryl methyl sites for hydroxylation is 1. The van der Waals surface area contributed by atoms with Gasteiger partial charge in [-0.1, -0.05) is 13.0 Å². The Hall–Kier alpha value is -1.55. The van der Waals surface area contributed by atoms with Crippen LogP contribution in [0.25, 0.3) is 0 Å². The summed E-state index contributed by atoms with van der Waals surface area (Å²) in [5, 5.41) is 2.86. The summed E-state index contributed by atoms with van der Waals surface area (Å²) in [5.74, 6) is 0.509. The highest BCUT2D eigenvalue weighted by Crippen LogP contribution is 2.20. The van der Waals surface area contributed by atoms with Crippen molar-refractivity contribution in [3.63, 3.8) is 0 Å². The molecule has 0 aromatic heterocycles. The molecule has 0 saturated heterocycles. The van der Waals surface area contributed by atoms with Crippen LogP contribution in [0.5, 0.6) is 5.75 Å². The van der Waals surface area contributed by atoms with E-state index in [1.165, 1.54) is 0 Å². The Kier molecular flexibility index (Phi) is 6.22. The van der Waals surface area contributed by atoms with Gasteiger partial charge in [0.15, 0.2) is 0 Å². The fourth-order valence-electron chi connectivity index (χ4n) is 1.67. The van der Waals surface area contributed by atoms with Crippen molar-refractivity contribution in [2.24, 2.45) is 0 Å². The average Bonchev–Trinajstić information content (AvgIpc) is 2.42. The SMILES string of the molecule is CCc1ccc(OC)c(C(=O)NCCCOC)c1. The zero-order chi connectivity index (χ0) is 13.4. The number of ether oxygens (including phenoxy) is 2. The van der Waals surface area contributed by atoms with Crippen LogP contribution in [0.1, 0.15) is 29.3 Å². The van der Waals surface area contributed by atoms with Gasteiger partial charge in [-0.05, 0) is 30.5 Å². The first-order valence-electron chi connectivity index (χ1n) is 6.17. The second-order valence-corrected chi connectivity index (χ2v) is 3.99. The van der Waals surface area contributed by atoms with E-state index < -0.39 is 0 Å². The topological polar surface area (TPSA) is 47.6 Å². The van der Waals surface area contributed by atoms with Crippen molar-refractivity contribution < 1.29 is 14.3 Å². The van der Waals surface area contributed by atoms with Gasteiger partial charge in [0.05, 0.1) is 12.7 Å². The summed E-state index contributed by atoms with van der Waals surface area (Å²) in [7, 11) is 3.22. The molecule has 0 heterocycles. The predicted octanol–water partition coefficient (Wildman–Crippen LogP) is 2.02. The largest absolute Gasteiger partial charge is 0.496 e. The Labute approximate surface area is 108 Å². The van der Waals surface area contributed by atoms with E-state index in [0.717, 1.165) is 18.4 Å². The first-order chi connectivity index (χ1) is 8.72. The molecule has 0 aliphatic heterocycles. The molecule has 0 aliphatic carbocycles. The lowest BCUT2D eigenvalue weighted by atomic mass is 10.1. The van der Waals surface area contributed by atoms with Crippen molar-refractivity contribution in [1.29, 1.82) is 0 Å². The number of hydrogen-bond acceptors (Lipinski definition) is 3. The van der Waals surface area contributed by atoms with Crippen molar-refractivity contribution in [1.82, 2.24) is 5.32 Å². The van der Waals surface area contributed by atoms with Crippen molar-refractivity contribution in [2.45, 2.75) is 19.8 Å². The highest BCUT2D eigenvalue weighted by Gasteiger charge is 2.12. The van der Waals surface area contributed by atoms with E-state index in [9.17, 15) is 4.79 Å². The molecule has 100 valence electrons. The molecule has 0 saturated carbocycles. The monoisotopic (exact) mass is 251 g/mol.